The van der Waals surface area contributed by atoms with Gasteiger partial charge in [0.15, 0.2) is 12.4 Å². The Hall–Kier alpha value is -3.65. The molecular formula is C24H27N5O3. The molecule has 1 aliphatic heterocycles. The van der Waals surface area contributed by atoms with Crippen LogP contribution in [0.3, 0.4) is 0 Å². The zero-order chi connectivity index (χ0) is 22.3. The number of ether oxygens (including phenoxy) is 2. The average molecular weight is 434 g/mol. The Morgan fingerprint density at radius 3 is 2.41 bits per heavy atom. The van der Waals surface area contributed by atoms with Crippen molar-refractivity contribution in [3.63, 3.8) is 0 Å². The lowest BCUT2D eigenvalue weighted by Gasteiger charge is -2.32. The minimum absolute atomic E-state index is 0.0872. The summed E-state index contributed by atoms with van der Waals surface area (Å²) in [6.45, 7) is 3.85. The van der Waals surface area contributed by atoms with E-state index in [1.807, 2.05) is 36.4 Å². The summed E-state index contributed by atoms with van der Waals surface area (Å²) in [7, 11) is 3.73. The van der Waals surface area contributed by atoms with E-state index in [9.17, 15) is 4.79 Å². The molecule has 0 spiro atoms. The van der Waals surface area contributed by atoms with Crippen LogP contribution in [0.5, 0.6) is 11.5 Å². The van der Waals surface area contributed by atoms with E-state index in [0.29, 0.717) is 11.4 Å². The Balaban J connectivity index is 1.34. The van der Waals surface area contributed by atoms with Crippen LogP contribution in [0.4, 0.5) is 11.5 Å². The summed E-state index contributed by atoms with van der Waals surface area (Å²) >= 11 is 0. The fourth-order valence-electron chi connectivity index (χ4n) is 3.46. The number of aromatic nitrogens is 2. The Morgan fingerprint density at radius 1 is 0.969 bits per heavy atom. The monoisotopic (exact) mass is 433 g/mol. The molecule has 4 rings (SSSR count). The molecule has 2 heterocycles. The molecule has 1 aliphatic rings. The minimum atomic E-state index is -0.241. The molecule has 1 saturated heterocycles. The summed E-state index contributed by atoms with van der Waals surface area (Å²) in [5, 5.41) is 11.7. The van der Waals surface area contributed by atoms with Gasteiger partial charge in [-0.05, 0) is 55.6 Å². The molecule has 32 heavy (non-hydrogen) atoms. The second-order valence-corrected chi connectivity index (χ2v) is 7.66. The zero-order valence-electron chi connectivity index (χ0n) is 18.3. The Morgan fingerprint density at radius 2 is 1.72 bits per heavy atom. The summed E-state index contributed by atoms with van der Waals surface area (Å²) < 4.78 is 10.6. The average Bonchev–Trinajstić information content (AvgIpc) is 2.84. The first-order valence-corrected chi connectivity index (χ1v) is 10.5. The topological polar surface area (TPSA) is 79.8 Å². The number of carbonyl (C=O) groups is 1. The Bertz CT molecular complexity index is 1030. The van der Waals surface area contributed by atoms with E-state index in [1.165, 1.54) is 0 Å². The second kappa shape index (κ2) is 10.1. The first-order chi connectivity index (χ1) is 15.6. The number of methoxy groups -OCH3 is 1. The van der Waals surface area contributed by atoms with Gasteiger partial charge in [-0.1, -0.05) is 12.1 Å². The van der Waals surface area contributed by atoms with Crippen LogP contribution in [-0.4, -0.2) is 67.9 Å². The third-order valence-corrected chi connectivity index (χ3v) is 5.35. The first kappa shape index (κ1) is 21.6. The second-order valence-electron chi connectivity index (χ2n) is 7.66. The summed E-state index contributed by atoms with van der Waals surface area (Å²) in [5.74, 6) is 1.99. The van der Waals surface area contributed by atoms with E-state index < -0.39 is 0 Å². The molecule has 8 nitrogen and oxygen atoms in total. The van der Waals surface area contributed by atoms with Crippen molar-refractivity contribution in [2.24, 2.45) is 0 Å². The van der Waals surface area contributed by atoms with E-state index in [2.05, 4.69) is 32.4 Å². The van der Waals surface area contributed by atoms with Crippen molar-refractivity contribution in [3.05, 3.63) is 60.7 Å². The zero-order valence-corrected chi connectivity index (χ0v) is 18.3. The van der Waals surface area contributed by atoms with Crippen LogP contribution in [0.1, 0.15) is 0 Å². The van der Waals surface area contributed by atoms with Gasteiger partial charge >= 0.3 is 0 Å². The molecule has 0 aliphatic carbocycles. The number of anilines is 2. The van der Waals surface area contributed by atoms with Gasteiger partial charge in [0, 0.05) is 37.4 Å². The van der Waals surface area contributed by atoms with Gasteiger partial charge in [-0.25, -0.2) is 0 Å². The standard InChI is InChI=1S/C24H27N5O3/c1-28-12-14-29(15-13-28)23-11-10-22(26-27-23)18-4-3-5-19(16-18)25-24(30)17-32-21-8-6-20(31-2)7-9-21/h3-11,16H,12-15,17H2,1-2H3,(H,25,30). The van der Waals surface area contributed by atoms with Crippen LogP contribution >= 0.6 is 0 Å². The number of hydrogen-bond acceptors (Lipinski definition) is 7. The predicted molar refractivity (Wildman–Crippen MR) is 124 cm³/mol. The molecule has 0 bridgehead atoms. The van der Waals surface area contributed by atoms with Crippen LogP contribution < -0.4 is 19.7 Å². The molecule has 1 aromatic heterocycles. The van der Waals surface area contributed by atoms with E-state index in [-0.39, 0.29) is 12.5 Å². The molecule has 3 aromatic rings. The first-order valence-electron chi connectivity index (χ1n) is 10.5. The van der Waals surface area contributed by atoms with Crippen LogP contribution in [0.25, 0.3) is 11.3 Å². The van der Waals surface area contributed by atoms with Crippen molar-refractivity contribution in [3.8, 4) is 22.8 Å². The molecular weight excluding hydrogens is 406 g/mol. The van der Waals surface area contributed by atoms with Gasteiger partial charge in [0.05, 0.1) is 12.8 Å². The van der Waals surface area contributed by atoms with Crippen LogP contribution in [0, 0.1) is 0 Å². The molecule has 1 amide bonds. The lowest BCUT2D eigenvalue weighted by Crippen LogP contribution is -2.44. The number of nitrogens with one attached hydrogen (secondary N) is 1. The summed E-state index contributed by atoms with van der Waals surface area (Å²) in [5.41, 5.74) is 2.32. The molecule has 0 saturated carbocycles. The SMILES string of the molecule is COc1ccc(OCC(=O)Nc2cccc(-c3ccc(N4CCN(C)CC4)nn3)c2)cc1. The third-order valence-electron chi connectivity index (χ3n) is 5.35. The Labute approximate surface area is 187 Å². The molecule has 2 aromatic carbocycles. The summed E-state index contributed by atoms with van der Waals surface area (Å²) in [6.07, 6.45) is 0. The van der Waals surface area contributed by atoms with Crippen molar-refractivity contribution in [1.29, 1.82) is 0 Å². The van der Waals surface area contributed by atoms with Gasteiger partial charge in [0.2, 0.25) is 0 Å². The van der Waals surface area contributed by atoms with E-state index in [4.69, 9.17) is 9.47 Å². The molecule has 166 valence electrons. The van der Waals surface area contributed by atoms with E-state index in [1.54, 1.807) is 31.4 Å². The molecule has 0 unspecified atom stereocenters. The third kappa shape index (κ3) is 5.53. The van der Waals surface area contributed by atoms with Crippen LogP contribution in [-0.2, 0) is 4.79 Å². The number of likely N-dealkylation sites (N-methyl/N-ethyl adjacent to an activating group) is 1. The van der Waals surface area contributed by atoms with Gasteiger partial charge in [-0.2, -0.15) is 0 Å². The maximum atomic E-state index is 12.3. The number of carbonyl (C=O) groups excluding carboxylic acids is 1. The van der Waals surface area contributed by atoms with Gasteiger partial charge in [-0.3, -0.25) is 4.79 Å². The number of hydrogen-bond donors (Lipinski definition) is 1. The van der Waals surface area contributed by atoms with Crippen LogP contribution in [0.15, 0.2) is 60.7 Å². The number of nitrogens with zero attached hydrogens (tertiary/aromatic N) is 4. The number of rotatable bonds is 7. The molecule has 1 fully saturated rings. The number of amides is 1. The Kier molecular flexibility index (Phi) is 6.81. The fourth-order valence-corrected chi connectivity index (χ4v) is 3.46. The fraction of sp³-hybridized carbons (Fsp3) is 0.292. The molecule has 0 radical (unpaired) electrons. The van der Waals surface area contributed by atoms with Gasteiger partial charge in [-0.15, -0.1) is 10.2 Å². The molecule has 1 N–H and O–H groups in total. The lowest BCUT2D eigenvalue weighted by molar-refractivity contribution is -0.118. The van der Waals surface area contributed by atoms with Crippen molar-refractivity contribution >= 4 is 17.4 Å². The summed E-state index contributed by atoms with van der Waals surface area (Å²) in [4.78, 5) is 16.9. The number of piperazine rings is 1. The summed E-state index contributed by atoms with van der Waals surface area (Å²) in [6, 6.07) is 18.6. The smallest absolute Gasteiger partial charge is 0.262 e. The molecule has 0 atom stereocenters. The quantitative estimate of drug-likeness (QED) is 0.614. The van der Waals surface area contributed by atoms with Crippen molar-refractivity contribution in [2.75, 3.05) is 57.2 Å². The molecule has 8 heteroatoms. The van der Waals surface area contributed by atoms with Crippen molar-refractivity contribution in [1.82, 2.24) is 15.1 Å². The lowest BCUT2D eigenvalue weighted by atomic mass is 10.1. The highest BCUT2D eigenvalue weighted by molar-refractivity contribution is 5.92. The van der Waals surface area contributed by atoms with Crippen molar-refractivity contribution in [2.45, 2.75) is 0 Å². The van der Waals surface area contributed by atoms with Gasteiger partial charge in [0.25, 0.3) is 5.91 Å². The van der Waals surface area contributed by atoms with Crippen LogP contribution in [0.2, 0.25) is 0 Å². The normalized spacial score (nSPS) is 14.1. The minimum Gasteiger partial charge on any atom is -0.497 e. The maximum absolute atomic E-state index is 12.3. The highest BCUT2D eigenvalue weighted by Gasteiger charge is 2.16. The van der Waals surface area contributed by atoms with E-state index >= 15 is 0 Å². The highest BCUT2D eigenvalue weighted by Crippen LogP contribution is 2.22. The van der Waals surface area contributed by atoms with Gasteiger partial charge in [0.1, 0.15) is 11.5 Å². The number of benzene rings is 2. The van der Waals surface area contributed by atoms with Gasteiger partial charge < -0.3 is 24.6 Å². The highest BCUT2D eigenvalue weighted by atomic mass is 16.5. The van der Waals surface area contributed by atoms with Crippen molar-refractivity contribution < 1.29 is 14.3 Å². The maximum Gasteiger partial charge on any atom is 0.262 e. The largest absolute Gasteiger partial charge is 0.497 e. The predicted octanol–water partition coefficient (Wildman–Crippen LogP) is 2.92. The van der Waals surface area contributed by atoms with E-state index in [0.717, 1.165) is 49.0 Å².